The van der Waals surface area contributed by atoms with Crippen molar-refractivity contribution < 1.29 is 18.4 Å². The molecule has 0 bridgehead atoms. The zero-order chi connectivity index (χ0) is 16.1. The standard InChI is InChI=1S/C18H22GeO4/c1-2-3-4-8-15(20)19(16-9-5-12-21-16,17-10-6-13-22-17)18-11-7-14-23-18/h5-7,9-15,20H,2-4,8H2,1H3. The Hall–Kier alpha value is -1.66. The molecular formula is C18H22GeO4. The molecule has 3 rings (SSSR count). The van der Waals surface area contributed by atoms with E-state index in [1.165, 1.54) is 0 Å². The summed E-state index contributed by atoms with van der Waals surface area (Å²) in [5.41, 5.74) is 0. The molecule has 1 unspecified atom stereocenters. The van der Waals surface area contributed by atoms with Gasteiger partial charge in [0.05, 0.1) is 0 Å². The van der Waals surface area contributed by atoms with Crippen LogP contribution >= 0.6 is 0 Å². The molecule has 3 heterocycles. The van der Waals surface area contributed by atoms with Gasteiger partial charge in [-0.3, -0.25) is 0 Å². The summed E-state index contributed by atoms with van der Waals surface area (Å²) in [7, 11) is 0. The fourth-order valence-electron chi connectivity index (χ4n) is 3.17. The molecule has 0 saturated carbocycles. The average Bonchev–Trinajstić information content (AvgIpc) is 3.33. The summed E-state index contributed by atoms with van der Waals surface area (Å²) < 4.78 is 19.7. The van der Waals surface area contributed by atoms with Gasteiger partial charge in [0.2, 0.25) is 0 Å². The normalized spacial score (nSPS) is 13.3. The number of aliphatic hydroxyl groups excluding tert-OH is 1. The van der Waals surface area contributed by atoms with Crippen LogP contribution in [0.25, 0.3) is 0 Å². The van der Waals surface area contributed by atoms with Crippen LogP contribution in [-0.4, -0.2) is 23.3 Å². The van der Waals surface area contributed by atoms with Gasteiger partial charge in [0.15, 0.2) is 0 Å². The van der Waals surface area contributed by atoms with Crippen molar-refractivity contribution in [1.29, 1.82) is 0 Å². The van der Waals surface area contributed by atoms with E-state index in [9.17, 15) is 5.11 Å². The first-order valence-corrected chi connectivity index (χ1v) is 12.5. The molecule has 0 saturated heterocycles. The first kappa shape index (κ1) is 16.2. The van der Waals surface area contributed by atoms with Gasteiger partial charge in [0.1, 0.15) is 0 Å². The predicted molar refractivity (Wildman–Crippen MR) is 90.9 cm³/mol. The zero-order valence-electron chi connectivity index (χ0n) is 13.3. The van der Waals surface area contributed by atoms with Crippen LogP contribution in [0.4, 0.5) is 0 Å². The van der Waals surface area contributed by atoms with E-state index in [2.05, 4.69) is 6.92 Å². The number of hydrogen-bond donors (Lipinski definition) is 1. The second-order valence-electron chi connectivity index (χ2n) is 5.75. The summed E-state index contributed by atoms with van der Waals surface area (Å²) in [6.45, 7) is 2.16. The molecule has 0 spiro atoms. The van der Waals surface area contributed by atoms with E-state index in [0.717, 1.165) is 39.5 Å². The molecule has 0 aliphatic carbocycles. The molecule has 0 aliphatic heterocycles. The average molecular weight is 375 g/mol. The summed E-state index contributed by atoms with van der Waals surface area (Å²) in [6, 6.07) is 11.4. The van der Waals surface area contributed by atoms with Gasteiger partial charge in [-0.25, -0.2) is 0 Å². The molecule has 0 amide bonds. The molecule has 1 N–H and O–H groups in total. The van der Waals surface area contributed by atoms with E-state index < -0.39 is 18.2 Å². The van der Waals surface area contributed by atoms with Crippen molar-refractivity contribution >= 4 is 27.0 Å². The Morgan fingerprint density at radius 3 is 1.70 bits per heavy atom. The molecule has 0 radical (unpaired) electrons. The molecule has 0 aliphatic rings. The maximum absolute atomic E-state index is 11.2. The molecule has 122 valence electrons. The second kappa shape index (κ2) is 7.28. The first-order chi connectivity index (χ1) is 11.3. The van der Waals surface area contributed by atoms with Crippen LogP contribution in [0.5, 0.6) is 0 Å². The van der Waals surface area contributed by atoms with Gasteiger partial charge in [0.25, 0.3) is 0 Å². The Balaban J connectivity index is 2.11. The molecule has 0 fully saturated rings. The van der Waals surface area contributed by atoms with Gasteiger partial charge < -0.3 is 0 Å². The second-order valence-corrected chi connectivity index (χ2v) is 13.6. The van der Waals surface area contributed by atoms with Gasteiger partial charge in [-0.05, 0) is 0 Å². The van der Waals surface area contributed by atoms with Gasteiger partial charge in [-0.2, -0.15) is 0 Å². The van der Waals surface area contributed by atoms with Crippen LogP contribution in [0, 0.1) is 0 Å². The number of hydrogen-bond acceptors (Lipinski definition) is 4. The molecule has 0 aromatic carbocycles. The van der Waals surface area contributed by atoms with Crippen LogP contribution < -0.4 is 13.8 Å². The minimum atomic E-state index is -3.53. The topological polar surface area (TPSA) is 59.7 Å². The predicted octanol–water partition coefficient (Wildman–Crippen LogP) is 2.42. The summed E-state index contributed by atoms with van der Waals surface area (Å²) in [4.78, 5) is -0.523. The first-order valence-electron chi connectivity index (χ1n) is 8.10. The van der Waals surface area contributed by atoms with E-state index in [1.807, 2.05) is 36.4 Å². The van der Waals surface area contributed by atoms with E-state index in [0.29, 0.717) is 0 Å². The van der Waals surface area contributed by atoms with Crippen LogP contribution in [0.1, 0.15) is 32.6 Å². The fraction of sp³-hybridized carbons (Fsp3) is 0.333. The van der Waals surface area contributed by atoms with E-state index in [4.69, 9.17) is 13.3 Å². The van der Waals surface area contributed by atoms with Crippen LogP contribution in [0.15, 0.2) is 68.4 Å². The van der Waals surface area contributed by atoms with Gasteiger partial charge in [-0.15, -0.1) is 0 Å². The van der Waals surface area contributed by atoms with Crippen LogP contribution in [0.2, 0.25) is 0 Å². The molecular weight excluding hydrogens is 353 g/mol. The Kier molecular flexibility index (Phi) is 5.13. The zero-order valence-corrected chi connectivity index (χ0v) is 15.4. The molecule has 1 atom stereocenters. The minimum absolute atomic E-state index is 0.523. The number of rotatable bonds is 8. The SMILES string of the molecule is CCCCC[CH](O)[Ge]([c]1ccco1)([c]1ccco1)[c]1ccco1. The maximum atomic E-state index is 11.2. The Morgan fingerprint density at radius 2 is 1.35 bits per heavy atom. The monoisotopic (exact) mass is 376 g/mol. The van der Waals surface area contributed by atoms with Crippen molar-refractivity contribution in [2.75, 3.05) is 0 Å². The molecule has 4 nitrogen and oxygen atoms in total. The van der Waals surface area contributed by atoms with Gasteiger partial charge >= 0.3 is 138 Å². The van der Waals surface area contributed by atoms with Crippen molar-refractivity contribution in [2.45, 2.75) is 37.5 Å². The van der Waals surface area contributed by atoms with Crippen molar-refractivity contribution in [1.82, 2.24) is 0 Å². The van der Waals surface area contributed by atoms with E-state index >= 15 is 0 Å². The van der Waals surface area contributed by atoms with Crippen molar-refractivity contribution in [3.05, 3.63) is 55.2 Å². The summed E-state index contributed by atoms with van der Waals surface area (Å²) in [5, 5.41) is 11.2. The summed E-state index contributed by atoms with van der Waals surface area (Å²) in [5.74, 6) is 0. The van der Waals surface area contributed by atoms with Crippen LogP contribution in [0.3, 0.4) is 0 Å². The third-order valence-electron chi connectivity index (χ3n) is 4.31. The summed E-state index contributed by atoms with van der Waals surface area (Å²) >= 11 is -3.53. The third kappa shape index (κ3) is 2.93. The van der Waals surface area contributed by atoms with E-state index in [-0.39, 0.29) is 0 Å². The van der Waals surface area contributed by atoms with Crippen molar-refractivity contribution in [3.63, 3.8) is 0 Å². The van der Waals surface area contributed by atoms with Gasteiger partial charge in [0, 0.05) is 0 Å². The number of unbranched alkanes of at least 4 members (excludes halogenated alkanes) is 2. The third-order valence-corrected chi connectivity index (χ3v) is 13.7. The van der Waals surface area contributed by atoms with Gasteiger partial charge in [-0.1, -0.05) is 0 Å². The van der Waals surface area contributed by atoms with Crippen molar-refractivity contribution in [2.24, 2.45) is 0 Å². The van der Waals surface area contributed by atoms with E-state index in [1.54, 1.807) is 18.8 Å². The summed E-state index contributed by atoms with van der Waals surface area (Å²) in [6.07, 6.45) is 8.88. The number of aliphatic hydroxyl groups is 1. The fourth-order valence-corrected chi connectivity index (χ4v) is 12.0. The molecule has 3 aromatic rings. The Morgan fingerprint density at radius 1 is 0.870 bits per heavy atom. The Labute approximate surface area is 138 Å². The Bertz CT molecular complexity index is 587. The van der Waals surface area contributed by atoms with Crippen LogP contribution in [-0.2, 0) is 0 Å². The number of furan rings is 3. The quantitative estimate of drug-likeness (QED) is 0.486. The molecule has 5 heteroatoms. The molecule has 3 aromatic heterocycles. The van der Waals surface area contributed by atoms with Crippen molar-refractivity contribution in [3.8, 4) is 0 Å². The molecule has 23 heavy (non-hydrogen) atoms.